The Balaban J connectivity index is 1.77. The zero-order valence-electron chi connectivity index (χ0n) is 12.4. The van der Waals surface area contributed by atoms with Crippen molar-refractivity contribution in [3.05, 3.63) is 28.8 Å². The maximum Gasteiger partial charge on any atom is 0.183 e. The Hall–Kier alpha value is -1.06. The lowest BCUT2D eigenvalue weighted by molar-refractivity contribution is 0.0858. The van der Waals surface area contributed by atoms with E-state index in [9.17, 15) is 4.79 Å². The van der Waals surface area contributed by atoms with E-state index in [1.807, 2.05) is 0 Å². The third kappa shape index (κ3) is 3.09. The van der Waals surface area contributed by atoms with Crippen molar-refractivity contribution in [1.82, 2.24) is 5.32 Å². The SMILES string of the molecule is COc1ccc(Cl)cc1C(=O)C1CCC2CCCCC2N1. The molecule has 0 bridgehead atoms. The van der Waals surface area contributed by atoms with E-state index in [-0.39, 0.29) is 11.8 Å². The summed E-state index contributed by atoms with van der Waals surface area (Å²) in [6.07, 6.45) is 7.17. The second-order valence-corrected chi connectivity index (χ2v) is 6.59. The van der Waals surface area contributed by atoms with Gasteiger partial charge in [0, 0.05) is 11.1 Å². The normalized spacial score (nSPS) is 28.8. The van der Waals surface area contributed by atoms with Crippen LogP contribution in [0.2, 0.25) is 5.02 Å². The molecular formula is C17H22ClNO2. The van der Waals surface area contributed by atoms with Crippen LogP contribution in [-0.2, 0) is 0 Å². The molecule has 3 atom stereocenters. The molecule has 2 aliphatic rings. The van der Waals surface area contributed by atoms with Gasteiger partial charge in [-0.2, -0.15) is 0 Å². The summed E-state index contributed by atoms with van der Waals surface area (Å²) in [5.41, 5.74) is 0.594. The zero-order chi connectivity index (χ0) is 14.8. The highest BCUT2D eigenvalue weighted by Crippen LogP contribution is 2.34. The molecule has 1 saturated carbocycles. The fourth-order valence-electron chi connectivity index (χ4n) is 3.76. The second-order valence-electron chi connectivity index (χ2n) is 6.16. The van der Waals surface area contributed by atoms with Crippen LogP contribution in [0.1, 0.15) is 48.9 Å². The van der Waals surface area contributed by atoms with Gasteiger partial charge in [0.1, 0.15) is 5.75 Å². The Kier molecular flexibility index (Phi) is 4.51. The molecule has 21 heavy (non-hydrogen) atoms. The lowest BCUT2D eigenvalue weighted by Crippen LogP contribution is -2.52. The number of hydrogen-bond acceptors (Lipinski definition) is 3. The van der Waals surface area contributed by atoms with Crippen molar-refractivity contribution in [2.45, 2.75) is 50.6 Å². The van der Waals surface area contributed by atoms with Crippen LogP contribution in [-0.4, -0.2) is 25.0 Å². The number of carbonyl (C=O) groups excluding carboxylic acids is 1. The summed E-state index contributed by atoms with van der Waals surface area (Å²) in [6.45, 7) is 0. The number of ether oxygens (including phenoxy) is 1. The summed E-state index contributed by atoms with van der Waals surface area (Å²) in [5, 5.41) is 4.15. The van der Waals surface area contributed by atoms with Gasteiger partial charge in [-0.1, -0.05) is 24.4 Å². The summed E-state index contributed by atoms with van der Waals surface area (Å²) in [7, 11) is 1.59. The van der Waals surface area contributed by atoms with E-state index in [2.05, 4.69) is 5.32 Å². The highest BCUT2D eigenvalue weighted by Gasteiger charge is 2.35. The summed E-state index contributed by atoms with van der Waals surface area (Å²) in [5.74, 6) is 1.47. The molecule has 0 spiro atoms. The fraction of sp³-hybridized carbons (Fsp3) is 0.588. The number of Topliss-reactive ketones (excluding diaryl/α,β-unsaturated/α-hetero) is 1. The van der Waals surface area contributed by atoms with Crippen molar-refractivity contribution in [3.8, 4) is 5.75 Å². The molecular weight excluding hydrogens is 286 g/mol. The lowest BCUT2D eigenvalue weighted by Gasteiger charge is -2.40. The van der Waals surface area contributed by atoms with Crippen LogP contribution in [0.25, 0.3) is 0 Å². The monoisotopic (exact) mass is 307 g/mol. The highest BCUT2D eigenvalue weighted by atomic mass is 35.5. The third-order valence-electron chi connectivity index (χ3n) is 4.89. The maximum atomic E-state index is 12.8. The number of piperidine rings is 1. The first-order valence-corrected chi connectivity index (χ1v) is 8.20. The number of fused-ring (bicyclic) bond motifs is 1. The second kappa shape index (κ2) is 6.37. The van der Waals surface area contributed by atoms with Crippen LogP contribution >= 0.6 is 11.6 Å². The minimum Gasteiger partial charge on any atom is -0.496 e. The van der Waals surface area contributed by atoms with Gasteiger partial charge in [0.05, 0.1) is 18.7 Å². The number of hydrogen-bond donors (Lipinski definition) is 1. The number of methoxy groups -OCH3 is 1. The molecule has 1 saturated heterocycles. The molecule has 1 heterocycles. The molecule has 4 heteroatoms. The van der Waals surface area contributed by atoms with Crippen molar-refractivity contribution in [3.63, 3.8) is 0 Å². The predicted octanol–water partition coefficient (Wildman–Crippen LogP) is 3.84. The number of benzene rings is 1. The number of carbonyl (C=O) groups is 1. The van der Waals surface area contributed by atoms with E-state index in [0.717, 1.165) is 18.8 Å². The molecule has 2 fully saturated rings. The minimum atomic E-state index is -0.100. The minimum absolute atomic E-state index is 0.100. The Labute approximate surface area is 131 Å². The third-order valence-corrected chi connectivity index (χ3v) is 5.13. The van der Waals surface area contributed by atoms with Crippen molar-refractivity contribution in [2.24, 2.45) is 5.92 Å². The molecule has 1 aliphatic heterocycles. The Morgan fingerprint density at radius 1 is 1.24 bits per heavy atom. The Morgan fingerprint density at radius 2 is 2.05 bits per heavy atom. The van der Waals surface area contributed by atoms with Crippen LogP contribution in [0.4, 0.5) is 0 Å². The van der Waals surface area contributed by atoms with Gasteiger partial charge in [0.2, 0.25) is 0 Å². The molecule has 0 aromatic heterocycles. The Bertz CT molecular complexity index is 532. The molecule has 1 N–H and O–H groups in total. The quantitative estimate of drug-likeness (QED) is 0.862. The van der Waals surface area contributed by atoms with E-state index >= 15 is 0 Å². The largest absolute Gasteiger partial charge is 0.496 e. The van der Waals surface area contributed by atoms with E-state index in [1.165, 1.54) is 25.7 Å². The van der Waals surface area contributed by atoms with Gasteiger partial charge in [-0.05, 0) is 49.8 Å². The van der Waals surface area contributed by atoms with Crippen LogP contribution in [0.5, 0.6) is 5.75 Å². The fourth-order valence-corrected chi connectivity index (χ4v) is 3.93. The summed E-state index contributed by atoms with van der Waals surface area (Å²) in [4.78, 5) is 12.8. The molecule has 3 rings (SSSR count). The topological polar surface area (TPSA) is 38.3 Å². The molecule has 1 aromatic rings. The van der Waals surface area contributed by atoms with Gasteiger partial charge >= 0.3 is 0 Å². The van der Waals surface area contributed by atoms with Crippen molar-refractivity contribution >= 4 is 17.4 Å². The molecule has 0 radical (unpaired) electrons. The zero-order valence-corrected chi connectivity index (χ0v) is 13.2. The van der Waals surface area contributed by atoms with Crippen molar-refractivity contribution < 1.29 is 9.53 Å². The number of rotatable bonds is 3. The van der Waals surface area contributed by atoms with Gasteiger partial charge in [-0.3, -0.25) is 4.79 Å². The molecule has 3 nitrogen and oxygen atoms in total. The molecule has 3 unspecified atom stereocenters. The molecule has 0 amide bonds. The van der Waals surface area contributed by atoms with Crippen molar-refractivity contribution in [1.29, 1.82) is 0 Å². The Morgan fingerprint density at radius 3 is 2.86 bits per heavy atom. The van der Waals surface area contributed by atoms with Crippen LogP contribution in [0.15, 0.2) is 18.2 Å². The smallest absolute Gasteiger partial charge is 0.183 e. The van der Waals surface area contributed by atoms with Gasteiger partial charge in [0.15, 0.2) is 5.78 Å². The molecule has 114 valence electrons. The first-order chi connectivity index (χ1) is 10.2. The number of nitrogens with one attached hydrogen (secondary N) is 1. The maximum absolute atomic E-state index is 12.8. The standard InChI is InChI=1S/C17H22ClNO2/c1-21-16-9-7-12(18)10-13(16)17(20)15-8-6-11-4-2-3-5-14(11)19-15/h7,9-11,14-15,19H,2-6,8H2,1H3. The van der Waals surface area contributed by atoms with E-state index < -0.39 is 0 Å². The first kappa shape index (κ1) is 14.9. The average molecular weight is 308 g/mol. The van der Waals surface area contributed by atoms with Gasteiger partial charge in [0.25, 0.3) is 0 Å². The number of halogens is 1. The number of ketones is 1. The first-order valence-electron chi connectivity index (χ1n) is 7.83. The average Bonchev–Trinajstić information content (AvgIpc) is 2.53. The van der Waals surface area contributed by atoms with E-state index in [4.69, 9.17) is 16.3 Å². The summed E-state index contributed by atoms with van der Waals surface area (Å²) < 4.78 is 5.31. The van der Waals surface area contributed by atoms with Gasteiger partial charge in [-0.15, -0.1) is 0 Å². The summed E-state index contributed by atoms with van der Waals surface area (Å²) in [6, 6.07) is 5.64. The van der Waals surface area contributed by atoms with Gasteiger partial charge in [-0.25, -0.2) is 0 Å². The predicted molar refractivity (Wildman–Crippen MR) is 84.2 cm³/mol. The van der Waals surface area contributed by atoms with Gasteiger partial charge < -0.3 is 10.1 Å². The molecule has 1 aromatic carbocycles. The van der Waals surface area contributed by atoms with Crippen LogP contribution in [0.3, 0.4) is 0 Å². The van der Waals surface area contributed by atoms with Crippen LogP contribution < -0.4 is 10.1 Å². The lowest BCUT2D eigenvalue weighted by atomic mass is 9.77. The van der Waals surface area contributed by atoms with Crippen LogP contribution in [0, 0.1) is 5.92 Å². The van der Waals surface area contributed by atoms with E-state index in [1.54, 1.807) is 25.3 Å². The highest BCUT2D eigenvalue weighted by molar-refractivity contribution is 6.31. The summed E-state index contributed by atoms with van der Waals surface area (Å²) >= 11 is 6.04. The van der Waals surface area contributed by atoms with Crippen molar-refractivity contribution in [2.75, 3.05) is 7.11 Å². The van der Waals surface area contributed by atoms with E-state index in [0.29, 0.717) is 22.4 Å². The molecule has 1 aliphatic carbocycles.